The summed E-state index contributed by atoms with van der Waals surface area (Å²) < 4.78 is 16.5. The van der Waals surface area contributed by atoms with Gasteiger partial charge in [0.1, 0.15) is 23.1 Å². The first-order valence-electron chi connectivity index (χ1n) is 10.0. The molecular formula is C23H25N3O4. The molecule has 7 nitrogen and oxygen atoms in total. The molecule has 1 saturated heterocycles. The minimum absolute atomic E-state index is 0.163. The van der Waals surface area contributed by atoms with Crippen molar-refractivity contribution in [1.29, 1.82) is 0 Å². The first-order valence-corrected chi connectivity index (χ1v) is 10.0. The monoisotopic (exact) mass is 407 g/mol. The predicted octanol–water partition coefficient (Wildman–Crippen LogP) is 4.43. The molecule has 4 rings (SSSR count). The summed E-state index contributed by atoms with van der Waals surface area (Å²) in [6, 6.07) is 13.0. The molecule has 0 N–H and O–H groups in total. The zero-order chi connectivity index (χ0) is 21.1. The number of likely N-dealkylation sites (tertiary alicyclic amines) is 1. The quantitative estimate of drug-likeness (QED) is 0.623. The molecule has 0 bridgehead atoms. The summed E-state index contributed by atoms with van der Waals surface area (Å²) in [4.78, 5) is 20.0. The lowest BCUT2D eigenvalue weighted by Crippen LogP contribution is -2.39. The van der Waals surface area contributed by atoms with Crippen molar-refractivity contribution >= 4 is 5.91 Å². The van der Waals surface area contributed by atoms with E-state index >= 15 is 0 Å². The number of aromatic nitrogens is 2. The van der Waals surface area contributed by atoms with E-state index in [-0.39, 0.29) is 11.9 Å². The SMILES string of the molecule is COc1cccc(OC)c1C(=O)N1CCCCC1c1nc(-c2cccc(C)c2)no1. The Morgan fingerprint density at radius 3 is 2.53 bits per heavy atom. The molecule has 7 heteroatoms. The molecule has 0 aliphatic carbocycles. The molecule has 1 aliphatic heterocycles. The van der Waals surface area contributed by atoms with Gasteiger partial charge in [-0.15, -0.1) is 0 Å². The van der Waals surface area contributed by atoms with Gasteiger partial charge < -0.3 is 18.9 Å². The Balaban J connectivity index is 1.67. The van der Waals surface area contributed by atoms with Crippen LogP contribution in [0.1, 0.15) is 47.1 Å². The molecule has 0 spiro atoms. The molecule has 1 unspecified atom stereocenters. The van der Waals surface area contributed by atoms with Gasteiger partial charge >= 0.3 is 0 Å². The van der Waals surface area contributed by atoms with Crippen LogP contribution in [-0.4, -0.2) is 41.7 Å². The van der Waals surface area contributed by atoms with Crippen LogP contribution in [0.3, 0.4) is 0 Å². The van der Waals surface area contributed by atoms with Crippen molar-refractivity contribution in [3.8, 4) is 22.9 Å². The predicted molar refractivity (Wildman–Crippen MR) is 112 cm³/mol. The van der Waals surface area contributed by atoms with Crippen molar-refractivity contribution in [3.05, 3.63) is 59.5 Å². The molecule has 1 amide bonds. The minimum Gasteiger partial charge on any atom is -0.496 e. The highest BCUT2D eigenvalue weighted by atomic mass is 16.5. The highest BCUT2D eigenvalue weighted by molar-refractivity contribution is 6.00. The highest BCUT2D eigenvalue weighted by Gasteiger charge is 2.35. The zero-order valence-electron chi connectivity index (χ0n) is 17.4. The number of carbonyl (C=O) groups is 1. The molecule has 30 heavy (non-hydrogen) atoms. The molecule has 1 aliphatic rings. The highest BCUT2D eigenvalue weighted by Crippen LogP contribution is 2.36. The van der Waals surface area contributed by atoms with Crippen molar-refractivity contribution in [2.45, 2.75) is 32.2 Å². The van der Waals surface area contributed by atoms with Crippen LogP contribution in [0.25, 0.3) is 11.4 Å². The molecular weight excluding hydrogens is 382 g/mol. The number of hydrogen-bond acceptors (Lipinski definition) is 6. The zero-order valence-corrected chi connectivity index (χ0v) is 17.4. The van der Waals surface area contributed by atoms with Crippen LogP contribution in [-0.2, 0) is 0 Å². The largest absolute Gasteiger partial charge is 0.496 e. The standard InChI is InChI=1S/C23H25N3O4/c1-15-8-6-9-16(14-15)21-24-22(30-25-21)17-10-4-5-13-26(17)23(27)20-18(28-2)11-7-12-19(20)29-3/h6-9,11-12,14,17H,4-5,10,13H2,1-3H3. The average molecular weight is 407 g/mol. The number of rotatable bonds is 5. The van der Waals surface area contributed by atoms with E-state index in [9.17, 15) is 4.79 Å². The summed E-state index contributed by atoms with van der Waals surface area (Å²) in [5.41, 5.74) is 2.43. The first kappa shape index (κ1) is 19.9. The summed E-state index contributed by atoms with van der Waals surface area (Å²) in [6.45, 7) is 2.62. The van der Waals surface area contributed by atoms with E-state index in [1.54, 1.807) is 37.3 Å². The van der Waals surface area contributed by atoms with E-state index in [0.717, 1.165) is 30.4 Å². The van der Waals surface area contributed by atoms with Crippen LogP contribution in [0.15, 0.2) is 47.0 Å². The number of nitrogens with zero attached hydrogens (tertiary/aromatic N) is 3. The summed E-state index contributed by atoms with van der Waals surface area (Å²) in [5, 5.41) is 4.16. The van der Waals surface area contributed by atoms with E-state index in [0.29, 0.717) is 35.3 Å². The van der Waals surface area contributed by atoms with Crippen LogP contribution in [0.5, 0.6) is 11.5 Å². The van der Waals surface area contributed by atoms with Gasteiger partial charge in [0, 0.05) is 12.1 Å². The maximum Gasteiger partial charge on any atom is 0.262 e. The van der Waals surface area contributed by atoms with Crippen molar-refractivity contribution in [1.82, 2.24) is 15.0 Å². The van der Waals surface area contributed by atoms with E-state index in [4.69, 9.17) is 14.0 Å². The lowest BCUT2D eigenvalue weighted by atomic mass is 10.00. The van der Waals surface area contributed by atoms with Crippen LogP contribution in [0, 0.1) is 6.92 Å². The van der Waals surface area contributed by atoms with Crippen molar-refractivity contribution in [2.75, 3.05) is 20.8 Å². The van der Waals surface area contributed by atoms with Crippen LogP contribution >= 0.6 is 0 Å². The van der Waals surface area contributed by atoms with Gasteiger partial charge in [-0.3, -0.25) is 4.79 Å². The van der Waals surface area contributed by atoms with Crippen molar-refractivity contribution in [2.24, 2.45) is 0 Å². The minimum atomic E-state index is -0.285. The Bertz CT molecular complexity index is 1020. The summed E-state index contributed by atoms with van der Waals surface area (Å²) in [5.74, 6) is 1.78. The average Bonchev–Trinajstić information content (AvgIpc) is 3.28. The molecule has 0 radical (unpaired) electrons. The third-order valence-corrected chi connectivity index (χ3v) is 5.41. The van der Waals surface area contributed by atoms with Gasteiger partial charge in [-0.25, -0.2) is 0 Å². The molecule has 0 saturated carbocycles. The second-order valence-electron chi connectivity index (χ2n) is 7.37. The van der Waals surface area contributed by atoms with Gasteiger partial charge in [0.25, 0.3) is 5.91 Å². The third-order valence-electron chi connectivity index (χ3n) is 5.41. The molecule has 2 heterocycles. The molecule has 1 atom stereocenters. The van der Waals surface area contributed by atoms with Crippen molar-refractivity contribution in [3.63, 3.8) is 0 Å². The van der Waals surface area contributed by atoms with Crippen molar-refractivity contribution < 1.29 is 18.8 Å². The fourth-order valence-electron chi connectivity index (χ4n) is 3.91. The number of piperidine rings is 1. The van der Waals surface area contributed by atoms with Crippen LogP contribution in [0.2, 0.25) is 0 Å². The Kier molecular flexibility index (Phi) is 5.70. The number of methoxy groups -OCH3 is 2. The maximum absolute atomic E-state index is 13.5. The Labute approximate surface area is 175 Å². The molecule has 2 aromatic carbocycles. The van der Waals surface area contributed by atoms with Crippen LogP contribution in [0.4, 0.5) is 0 Å². The second kappa shape index (κ2) is 8.57. The van der Waals surface area contributed by atoms with Gasteiger partial charge in [-0.05, 0) is 44.4 Å². The molecule has 3 aromatic rings. The van der Waals surface area contributed by atoms with Gasteiger partial charge in [0.2, 0.25) is 11.7 Å². The third kappa shape index (κ3) is 3.75. The summed E-state index contributed by atoms with van der Waals surface area (Å²) >= 11 is 0. The molecule has 1 fully saturated rings. The Morgan fingerprint density at radius 2 is 1.83 bits per heavy atom. The second-order valence-corrected chi connectivity index (χ2v) is 7.37. The fourth-order valence-corrected chi connectivity index (χ4v) is 3.91. The number of aryl methyl sites for hydroxylation is 1. The fraction of sp³-hybridized carbons (Fsp3) is 0.348. The normalized spacial score (nSPS) is 16.4. The smallest absolute Gasteiger partial charge is 0.262 e. The van der Waals surface area contributed by atoms with Gasteiger partial charge in [-0.2, -0.15) is 4.98 Å². The summed E-state index contributed by atoms with van der Waals surface area (Å²) in [6.07, 6.45) is 2.66. The number of carbonyl (C=O) groups excluding carboxylic acids is 1. The number of amides is 1. The first-order chi connectivity index (χ1) is 14.6. The summed E-state index contributed by atoms with van der Waals surface area (Å²) in [7, 11) is 3.09. The van der Waals surface area contributed by atoms with Gasteiger partial charge in [0.15, 0.2) is 0 Å². The number of hydrogen-bond donors (Lipinski definition) is 0. The maximum atomic E-state index is 13.5. The lowest BCUT2D eigenvalue weighted by molar-refractivity contribution is 0.0554. The van der Waals surface area contributed by atoms with Crippen LogP contribution < -0.4 is 9.47 Å². The van der Waals surface area contributed by atoms with Gasteiger partial charge in [0.05, 0.1) is 14.2 Å². The van der Waals surface area contributed by atoms with E-state index < -0.39 is 0 Å². The molecule has 156 valence electrons. The Hall–Kier alpha value is -3.35. The van der Waals surface area contributed by atoms with E-state index in [1.807, 2.05) is 31.2 Å². The van der Waals surface area contributed by atoms with E-state index in [1.165, 1.54) is 0 Å². The topological polar surface area (TPSA) is 77.7 Å². The Morgan fingerprint density at radius 1 is 1.10 bits per heavy atom. The number of ether oxygens (including phenoxy) is 2. The lowest BCUT2D eigenvalue weighted by Gasteiger charge is -2.34. The van der Waals surface area contributed by atoms with E-state index in [2.05, 4.69) is 10.1 Å². The molecule has 1 aromatic heterocycles. The number of benzene rings is 2. The van der Waals surface area contributed by atoms with Gasteiger partial charge in [-0.1, -0.05) is 35.0 Å².